The fraction of sp³-hybridized carbons (Fsp3) is 0.200. The Kier molecular flexibility index (Phi) is 3.42. The lowest BCUT2D eigenvalue weighted by atomic mass is 10.1. The molecule has 0 saturated carbocycles. The average molecular weight is 286 g/mol. The first kappa shape index (κ1) is 13.7. The van der Waals surface area contributed by atoms with Gasteiger partial charge in [0.05, 0.1) is 0 Å². The van der Waals surface area contributed by atoms with E-state index >= 15 is 0 Å². The maximum atomic E-state index is 11.1. The molecule has 9 heteroatoms. The van der Waals surface area contributed by atoms with Crippen LogP contribution in [0.1, 0.15) is 5.56 Å². The summed E-state index contributed by atoms with van der Waals surface area (Å²) in [5.74, 6) is -1.33. The zero-order chi connectivity index (χ0) is 14.2. The highest BCUT2D eigenvalue weighted by Gasteiger charge is 2.21. The fourth-order valence-electron chi connectivity index (χ4n) is 1.60. The van der Waals surface area contributed by atoms with Gasteiger partial charge in [0.25, 0.3) is 0 Å². The predicted octanol–water partition coefficient (Wildman–Crippen LogP) is -0.875. The van der Waals surface area contributed by atoms with Crippen molar-refractivity contribution in [3.8, 4) is 0 Å². The van der Waals surface area contributed by atoms with Gasteiger partial charge in [-0.1, -0.05) is 6.07 Å². The van der Waals surface area contributed by atoms with E-state index in [9.17, 15) is 14.5 Å². The number of carboxylic acid groups (broad SMARTS) is 1. The number of rotatable bonds is 4. The van der Waals surface area contributed by atoms with Crippen LogP contribution in [0.5, 0.6) is 0 Å². The molecular formula is C10H11N2O6P. The minimum absolute atomic E-state index is 0.102. The maximum Gasteiger partial charge on any atom is 0.376 e. The first-order valence-electron chi connectivity index (χ1n) is 5.22. The van der Waals surface area contributed by atoms with Gasteiger partial charge < -0.3 is 24.4 Å². The first-order valence-corrected chi connectivity index (χ1v) is 6.83. The molecule has 1 unspecified atom stereocenters. The van der Waals surface area contributed by atoms with Crippen molar-refractivity contribution in [1.82, 2.24) is 9.38 Å². The minimum Gasteiger partial charge on any atom is -0.479 e. The number of aliphatic hydroxyl groups is 1. The topological polar surface area (TPSA) is 132 Å². The molecule has 4 N–H and O–H groups in total. The Morgan fingerprint density at radius 1 is 1.37 bits per heavy atom. The molecule has 0 radical (unpaired) electrons. The molecule has 19 heavy (non-hydrogen) atoms. The van der Waals surface area contributed by atoms with Gasteiger partial charge in [-0.25, -0.2) is 9.78 Å². The summed E-state index contributed by atoms with van der Waals surface area (Å²) in [5.41, 5.74) is 0.479. The van der Waals surface area contributed by atoms with Gasteiger partial charge in [0.2, 0.25) is 0 Å². The van der Waals surface area contributed by atoms with Gasteiger partial charge in [-0.05, 0) is 11.6 Å². The third-order valence-electron chi connectivity index (χ3n) is 2.51. The summed E-state index contributed by atoms with van der Waals surface area (Å²) in [7, 11) is -4.42. The van der Waals surface area contributed by atoms with Crippen LogP contribution in [0.2, 0.25) is 0 Å². The first-order chi connectivity index (χ1) is 8.77. The number of aromatic nitrogens is 2. The lowest BCUT2D eigenvalue weighted by molar-refractivity contribution is -0.146. The van der Waals surface area contributed by atoms with Crippen LogP contribution in [-0.4, -0.2) is 41.5 Å². The van der Waals surface area contributed by atoms with E-state index in [1.165, 1.54) is 28.9 Å². The summed E-state index contributed by atoms with van der Waals surface area (Å²) in [6.07, 6.45) is 1.01. The highest BCUT2D eigenvalue weighted by atomic mass is 31.2. The molecule has 0 aliphatic carbocycles. The number of nitrogens with zero attached hydrogens (tertiary/aromatic N) is 2. The maximum absolute atomic E-state index is 11.1. The number of aliphatic carboxylic acids is 1. The summed E-state index contributed by atoms with van der Waals surface area (Å²) in [6.45, 7) is 0. The summed E-state index contributed by atoms with van der Waals surface area (Å²) in [5, 5.41) is 17.8. The molecule has 2 rings (SSSR count). The molecule has 0 amide bonds. The van der Waals surface area contributed by atoms with Crippen LogP contribution in [-0.2, 0) is 15.8 Å². The largest absolute Gasteiger partial charge is 0.479 e. The second kappa shape index (κ2) is 4.75. The molecule has 2 heterocycles. The predicted molar refractivity (Wildman–Crippen MR) is 64.2 cm³/mol. The van der Waals surface area contributed by atoms with Crippen LogP contribution in [0.3, 0.4) is 0 Å². The molecule has 0 aromatic carbocycles. The zero-order valence-corrected chi connectivity index (χ0v) is 10.4. The van der Waals surface area contributed by atoms with E-state index in [4.69, 9.17) is 14.9 Å². The Morgan fingerprint density at radius 2 is 2.05 bits per heavy atom. The highest BCUT2D eigenvalue weighted by Crippen LogP contribution is 2.32. The molecule has 2 aromatic heterocycles. The van der Waals surface area contributed by atoms with E-state index in [0.717, 1.165) is 0 Å². The molecule has 0 saturated heterocycles. The Bertz CT molecular complexity index is 676. The smallest absolute Gasteiger partial charge is 0.376 e. The Hall–Kier alpha value is -1.73. The average Bonchev–Trinajstić information content (AvgIpc) is 2.71. The second-order valence-corrected chi connectivity index (χ2v) is 5.55. The molecule has 0 aliphatic heterocycles. The minimum atomic E-state index is -4.42. The van der Waals surface area contributed by atoms with E-state index in [1.807, 2.05) is 0 Å². The molecule has 2 aromatic rings. The van der Waals surface area contributed by atoms with Gasteiger partial charge in [-0.3, -0.25) is 4.57 Å². The van der Waals surface area contributed by atoms with Crippen molar-refractivity contribution in [3.05, 3.63) is 30.1 Å². The van der Waals surface area contributed by atoms with Crippen LogP contribution in [0, 0.1) is 0 Å². The molecule has 0 aliphatic rings. The van der Waals surface area contributed by atoms with Gasteiger partial charge in [0.15, 0.2) is 11.5 Å². The van der Waals surface area contributed by atoms with Crippen molar-refractivity contribution in [1.29, 1.82) is 0 Å². The van der Waals surface area contributed by atoms with Crippen LogP contribution in [0.15, 0.2) is 24.5 Å². The lowest BCUT2D eigenvalue weighted by Crippen LogP contribution is -2.22. The summed E-state index contributed by atoms with van der Waals surface area (Å²) >= 11 is 0. The second-order valence-electron chi connectivity index (χ2n) is 4.00. The number of aliphatic hydroxyl groups excluding tert-OH is 1. The normalized spacial score (nSPS) is 13.6. The highest BCUT2D eigenvalue weighted by molar-refractivity contribution is 7.60. The summed E-state index contributed by atoms with van der Waals surface area (Å²) < 4.78 is 12.4. The van der Waals surface area contributed by atoms with Crippen molar-refractivity contribution < 1.29 is 29.4 Å². The number of imidazole rings is 1. The molecule has 102 valence electrons. The lowest BCUT2D eigenvalue weighted by Gasteiger charge is -2.05. The number of hydrogen-bond donors (Lipinski definition) is 4. The number of pyridine rings is 1. The number of carboxylic acids is 1. The Balaban J connectivity index is 2.36. The van der Waals surface area contributed by atoms with Gasteiger partial charge >= 0.3 is 13.6 Å². The van der Waals surface area contributed by atoms with E-state index in [0.29, 0.717) is 11.2 Å². The van der Waals surface area contributed by atoms with E-state index in [-0.39, 0.29) is 11.9 Å². The van der Waals surface area contributed by atoms with Crippen molar-refractivity contribution >= 4 is 24.6 Å². The monoisotopic (exact) mass is 286 g/mol. The van der Waals surface area contributed by atoms with Gasteiger partial charge in [-0.15, -0.1) is 0 Å². The third kappa shape index (κ3) is 2.99. The van der Waals surface area contributed by atoms with Crippen molar-refractivity contribution in [2.75, 3.05) is 0 Å². The van der Waals surface area contributed by atoms with Gasteiger partial charge in [0, 0.05) is 18.8 Å². The Morgan fingerprint density at radius 3 is 2.63 bits per heavy atom. The summed E-state index contributed by atoms with van der Waals surface area (Å²) in [4.78, 5) is 32.3. The molecule has 0 spiro atoms. The van der Waals surface area contributed by atoms with Crippen molar-refractivity contribution in [3.63, 3.8) is 0 Å². The summed E-state index contributed by atoms with van der Waals surface area (Å²) in [6, 6.07) is 3.03. The van der Waals surface area contributed by atoms with Crippen LogP contribution in [0.25, 0.3) is 5.65 Å². The molecular weight excluding hydrogens is 275 g/mol. The number of hydrogen-bond acceptors (Lipinski definition) is 4. The fourth-order valence-corrected chi connectivity index (χ4v) is 2.10. The van der Waals surface area contributed by atoms with Crippen LogP contribution >= 0.6 is 7.60 Å². The van der Waals surface area contributed by atoms with E-state index in [2.05, 4.69) is 4.98 Å². The SMILES string of the molecule is O=C(O)C(O)Cc1ccc2nc(P(=O)(O)O)cn2c1. The van der Waals surface area contributed by atoms with Gasteiger partial charge in [-0.2, -0.15) is 0 Å². The molecule has 0 fully saturated rings. The van der Waals surface area contributed by atoms with Crippen molar-refractivity contribution in [2.24, 2.45) is 0 Å². The molecule has 0 bridgehead atoms. The van der Waals surface area contributed by atoms with Gasteiger partial charge in [0.1, 0.15) is 5.65 Å². The third-order valence-corrected chi connectivity index (χ3v) is 3.32. The number of fused-ring (bicyclic) bond motifs is 1. The van der Waals surface area contributed by atoms with E-state index < -0.39 is 19.7 Å². The zero-order valence-electron chi connectivity index (χ0n) is 9.54. The van der Waals surface area contributed by atoms with E-state index in [1.54, 1.807) is 0 Å². The number of carbonyl (C=O) groups is 1. The van der Waals surface area contributed by atoms with Crippen LogP contribution < -0.4 is 5.44 Å². The van der Waals surface area contributed by atoms with Crippen molar-refractivity contribution in [2.45, 2.75) is 12.5 Å². The molecule has 1 atom stereocenters. The quantitative estimate of drug-likeness (QED) is 0.537. The Labute approximate surface area is 107 Å². The standard InChI is InChI=1S/C10H11N2O6P/c13-7(10(14)15)3-6-1-2-8-11-9(19(16,17)18)5-12(8)4-6/h1-2,4-5,7,13H,3H2,(H,14,15)(H2,16,17,18). The molecule has 8 nitrogen and oxygen atoms in total. The van der Waals surface area contributed by atoms with Crippen LogP contribution in [0.4, 0.5) is 0 Å².